The number of nitrogens with zero attached hydrogens (tertiary/aromatic N) is 3. The summed E-state index contributed by atoms with van der Waals surface area (Å²) in [6.07, 6.45) is 0. The number of aromatic nitrogens is 1. The van der Waals surface area contributed by atoms with Crippen LogP contribution >= 0.6 is 0 Å². The van der Waals surface area contributed by atoms with Gasteiger partial charge in [0.1, 0.15) is 11.5 Å². The van der Waals surface area contributed by atoms with Gasteiger partial charge >= 0.3 is 0 Å². The number of aromatic hydroxyl groups is 2. The average Bonchev–Trinajstić information content (AvgIpc) is 3.25. The van der Waals surface area contributed by atoms with Crippen molar-refractivity contribution in [1.29, 1.82) is 0 Å². The minimum Gasteiger partial charge on any atom is -0.508 e. The van der Waals surface area contributed by atoms with Gasteiger partial charge in [0, 0.05) is 44.8 Å². The van der Waals surface area contributed by atoms with Crippen LogP contribution in [0.3, 0.4) is 0 Å². The summed E-state index contributed by atoms with van der Waals surface area (Å²) in [4.78, 5) is 17.8. The summed E-state index contributed by atoms with van der Waals surface area (Å²) in [5.74, 6) is -0.169. The number of phenols is 2. The number of carbonyl (C=O) groups excluding carboxylic acids is 1. The fourth-order valence-corrected chi connectivity index (χ4v) is 4.51. The molecule has 0 bridgehead atoms. The van der Waals surface area contributed by atoms with Gasteiger partial charge in [-0.3, -0.25) is 9.69 Å². The number of likely N-dealkylation sites (N-methyl/N-ethyl adjacent to an activating group) is 1. The van der Waals surface area contributed by atoms with E-state index in [1.165, 1.54) is 11.6 Å². The maximum absolute atomic E-state index is 13.0. The number of piperazine rings is 1. The molecular weight excluding hydrogens is 456 g/mol. The molecule has 1 aromatic heterocycles. The molecule has 4 rings (SSSR count). The SMILES string of the molecule is CC(C)NC(=O)c1noc(-c2cc(C(C)C)c(O)cc2O)c1-c1ccc(CN2CCN(C)CC2)cc1. The highest BCUT2D eigenvalue weighted by molar-refractivity contribution is 6.02. The largest absolute Gasteiger partial charge is 0.508 e. The van der Waals surface area contributed by atoms with Crippen LogP contribution in [0, 0.1) is 0 Å². The van der Waals surface area contributed by atoms with Crippen molar-refractivity contribution < 1.29 is 19.5 Å². The molecular formula is C28H36N4O4. The Kier molecular flexibility index (Phi) is 7.66. The van der Waals surface area contributed by atoms with Crippen LogP contribution in [-0.4, -0.2) is 70.3 Å². The molecule has 0 atom stereocenters. The lowest BCUT2D eigenvalue weighted by atomic mass is 9.94. The van der Waals surface area contributed by atoms with Crippen molar-refractivity contribution in [2.24, 2.45) is 0 Å². The molecule has 192 valence electrons. The van der Waals surface area contributed by atoms with E-state index in [0.717, 1.165) is 38.3 Å². The van der Waals surface area contributed by atoms with Gasteiger partial charge in [-0.05, 0) is 49.6 Å². The summed E-state index contributed by atoms with van der Waals surface area (Å²) in [6, 6.07) is 11.0. The number of nitrogens with one attached hydrogen (secondary N) is 1. The lowest BCUT2D eigenvalue weighted by molar-refractivity contribution is 0.0934. The molecule has 8 heteroatoms. The van der Waals surface area contributed by atoms with E-state index in [2.05, 4.69) is 39.5 Å². The molecule has 3 N–H and O–H groups in total. The van der Waals surface area contributed by atoms with Gasteiger partial charge < -0.3 is 25.0 Å². The van der Waals surface area contributed by atoms with Gasteiger partial charge in [0.15, 0.2) is 11.5 Å². The van der Waals surface area contributed by atoms with Crippen molar-refractivity contribution in [3.8, 4) is 33.9 Å². The third-order valence-corrected chi connectivity index (χ3v) is 6.58. The molecule has 1 fully saturated rings. The highest BCUT2D eigenvalue weighted by Crippen LogP contribution is 2.43. The van der Waals surface area contributed by atoms with Gasteiger partial charge in [0.05, 0.1) is 11.1 Å². The first-order valence-corrected chi connectivity index (χ1v) is 12.5. The average molecular weight is 493 g/mol. The van der Waals surface area contributed by atoms with E-state index in [9.17, 15) is 15.0 Å². The Hall–Kier alpha value is -3.36. The van der Waals surface area contributed by atoms with Crippen molar-refractivity contribution in [3.05, 3.63) is 53.2 Å². The van der Waals surface area contributed by atoms with Crippen molar-refractivity contribution >= 4 is 5.91 Å². The third kappa shape index (κ3) is 5.55. The van der Waals surface area contributed by atoms with Gasteiger partial charge in [-0.1, -0.05) is 43.3 Å². The van der Waals surface area contributed by atoms with Gasteiger partial charge in [-0.25, -0.2) is 0 Å². The Balaban J connectivity index is 1.74. The van der Waals surface area contributed by atoms with Crippen LogP contribution < -0.4 is 5.32 Å². The Morgan fingerprint density at radius 1 is 1.03 bits per heavy atom. The predicted molar refractivity (Wildman–Crippen MR) is 140 cm³/mol. The zero-order chi connectivity index (χ0) is 26.0. The van der Waals surface area contributed by atoms with Crippen LogP contribution in [0.2, 0.25) is 0 Å². The summed E-state index contributed by atoms with van der Waals surface area (Å²) < 4.78 is 5.69. The molecule has 3 aromatic rings. The van der Waals surface area contributed by atoms with Crippen LogP contribution in [0.15, 0.2) is 40.9 Å². The molecule has 1 aliphatic heterocycles. The zero-order valence-electron chi connectivity index (χ0n) is 21.7. The summed E-state index contributed by atoms with van der Waals surface area (Å²) >= 11 is 0. The number of benzene rings is 2. The molecule has 36 heavy (non-hydrogen) atoms. The number of phenolic OH excluding ortho intramolecular Hbond substituents is 2. The minimum atomic E-state index is -0.348. The van der Waals surface area contributed by atoms with Crippen molar-refractivity contribution in [2.45, 2.75) is 46.2 Å². The maximum atomic E-state index is 13.0. The molecule has 0 saturated carbocycles. The zero-order valence-corrected chi connectivity index (χ0v) is 21.7. The maximum Gasteiger partial charge on any atom is 0.274 e. The Morgan fingerprint density at radius 2 is 1.69 bits per heavy atom. The summed E-state index contributed by atoms with van der Waals surface area (Å²) in [5, 5.41) is 28.0. The molecule has 0 radical (unpaired) electrons. The van der Waals surface area contributed by atoms with Crippen LogP contribution in [0.5, 0.6) is 11.5 Å². The van der Waals surface area contributed by atoms with E-state index in [1.807, 2.05) is 39.8 Å². The molecule has 0 spiro atoms. The lowest BCUT2D eigenvalue weighted by Crippen LogP contribution is -2.43. The Labute approximate surface area is 212 Å². The summed E-state index contributed by atoms with van der Waals surface area (Å²) in [5.41, 5.74) is 3.66. The molecule has 1 aliphatic rings. The number of amides is 1. The fourth-order valence-electron chi connectivity index (χ4n) is 4.51. The van der Waals surface area contributed by atoms with Crippen LogP contribution in [0.4, 0.5) is 0 Å². The van der Waals surface area contributed by atoms with E-state index >= 15 is 0 Å². The van der Waals surface area contributed by atoms with Gasteiger partial charge in [-0.15, -0.1) is 0 Å². The van der Waals surface area contributed by atoms with E-state index < -0.39 is 0 Å². The molecule has 1 saturated heterocycles. The molecule has 0 unspecified atom stereocenters. The first kappa shape index (κ1) is 25.7. The number of carbonyl (C=O) groups is 1. The highest BCUT2D eigenvalue weighted by Gasteiger charge is 2.27. The molecule has 2 heterocycles. The Morgan fingerprint density at radius 3 is 2.31 bits per heavy atom. The summed E-state index contributed by atoms with van der Waals surface area (Å²) in [7, 11) is 2.14. The van der Waals surface area contributed by atoms with E-state index in [0.29, 0.717) is 16.7 Å². The number of hydrogen-bond donors (Lipinski definition) is 3. The van der Waals surface area contributed by atoms with Crippen molar-refractivity contribution in [1.82, 2.24) is 20.3 Å². The van der Waals surface area contributed by atoms with E-state index in [-0.39, 0.29) is 40.8 Å². The molecule has 0 aliphatic carbocycles. The van der Waals surface area contributed by atoms with Gasteiger partial charge in [0.25, 0.3) is 5.91 Å². The van der Waals surface area contributed by atoms with Gasteiger partial charge in [0.2, 0.25) is 0 Å². The quantitative estimate of drug-likeness (QED) is 0.448. The topological polar surface area (TPSA) is 102 Å². The molecule has 2 aromatic carbocycles. The first-order valence-electron chi connectivity index (χ1n) is 12.5. The lowest BCUT2D eigenvalue weighted by Gasteiger charge is -2.32. The van der Waals surface area contributed by atoms with Crippen LogP contribution in [-0.2, 0) is 6.54 Å². The normalized spacial score (nSPS) is 15.1. The monoisotopic (exact) mass is 492 g/mol. The fraction of sp³-hybridized carbons (Fsp3) is 0.429. The summed E-state index contributed by atoms with van der Waals surface area (Å²) in [6.45, 7) is 12.7. The standard InChI is InChI=1S/C28H36N4O4/c1-17(2)21-14-22(24(34)15-23(21)33)27-25(26(30-36-27)28(35)29-18(3)4)20-8-6-19(7-9-20)16-32-12-10-31(5)11-13-32/h6-9,14-15,17-18,33-34H,10-13,16H2,1-5H3,(H,29,35). The van der Waals surface area contributed by atoms with Crippen molar-refractivity contribution in [3.63, 3.8) is 0 Å². The van der Waals surface area contributed by atoms with E-state index in [1.54, 1.807) is 6.07 Å². The van der Waals surface area contributed by atoms with Crippen LogP contribution in [0.1, 0.15) is 55.2 Å². The second-order valence-corrected chi connectivity index (χ2v) is 10.2. The molecule has 1 amide bonds. The Bertz CT molecular complexity index is 1210. The number of hydrogen-bond acceptors (Lipinski definition) is 7. The van der Waals surface area contributed by atoms with E-state index in [4.69, 9.17) is 4.52 Å². The van der Waals surface area contributed by atoms with Gasteiger partial charge in [-0.2, -0.15) is 0 Å². The number of rotatable bonds is 7. The second kappa shape index (κ2) is 10.7. The molecule has 8 nitrogen and oxygen atoms in total. The first-order chi connectivity index (χ1) is 17.1. The predicted octanol–water partition coefficient (Wildman–Crippen LogP) is 4.43. The highest BCUT2D eigenvalue weighted by atomic mass is 16.5. The van der Waals surface area contributed by atoms with Crippen LogP contribution in [0.25, 0.3) is 22.5 Å². The second-order valence-electron chi connectivity index (χ2n) is 10.2. The smallest absolute Gasteiger partial charge is 0.274 e. The minimum absolute atomic E-state index is 0.0124. The van der Waals surface area contributed by atoms with Crippen molar-refractivity contribution in [2.75, 3.05) is 33.2 Å². The third-order valence-electron chi connectivity index (χ3n) is 6.58.